The van der Waals surface area contributed by atoms with Gasteiger partial charge in [-0.05, 0) is 12.8 Å². The first kappa shape index (κ1) is 8.96. The Hall–Kier alpha value is -0.0400. The molecule has 0 aliphatic rings. The van der Waals surface area contributed by atoms with Crippen LogP contribution in [0.2, 0.25) is 0 Å². The summed E-state index contributed by atoms with van der Waals surface area (Å²) in [6.07, 6.45) is 8.08. The Labute approximate surface area is 58.1 Å². The molecule has 55 valence electrons. The molecule has 0 aliphatic heterocycles. The fraction of sp³-hybridized carbons (Fsp3) is 0.875. The molecule has 0 aliphatic carbocycles. The Morgan fingerprint density at radius 3 is 2.56 bits per heavy atom. The second-order valence-corrected chi connectivity index (χ2v) is 2.27. The third-order valence-corrected chi connectivity index (χ3v) is 1.36. The van der Waals surface area contributed by atoms with Gasteiger partial charge in [0, 0.05) is 6.61 Å². The number of hydrogen-bond acceptors (Lipinski definition) is 1. The second-order valence-electron chi connectivity index (χ2n) is 2.27. The summed E-state index contributed by atoms with van der Waals surface area (Å²) in [5.41, 5.74) is 0. The first-order valence-corrected chi connectivity index (χ1v) is 3.84. The fourth-order valence-corrected chi connectivity index (χ4v) is 0.781. The number of aliphatic hydroxyl groups excluding tert-OH is 1. The third-order valence-electron chi connectivity index (χ3n) is 1.36. The minimum Gasteiger partial charge on any atom is -0.396 e. The highest BCUT2D eigenvalue weighted by Gasteiger charge is 1.86. The summed E-state index contributed by atoms with van der Waals surface area (Å²) in [6.45, 7) is 2.51. The molecule has 0 saturated carbocycles. The zero-order chi connectivity index (χ0) is 6.95. The van der Waals surface area contributed by atoms with Crippen molar-refractivity contribution in [3.8, 4) is 0 Å². The summed E-state index contributed by atoms with van der Waals surface area (Å²) >= 11 is 0. The standard InChI is InChI=1S/C8H17O/c1-2-3-4-5-6-7-8-9/h3,9H,2,4-8H2,1H3. The average Bonchev–Trinajstić information content (AvgIpc) is 1.89. The first-order chi connectivity index (χ1) is 4.41. The molecule has 0 heterocycles. The van der Waals surface area contributed by atoms with Gasteiger partial charge in [0.15, 0.2) is 0 Å². The molecule has 0 rings (SSSR count). The summed E-state index contributed by atoms with van der Waals surface area (Å²) in [5, 5.41) is 8.41. The molecular weight excluding hydrogens is 112 g/mol. The molecule has 0 unspecified atom stereocenters. The van der Waals surface area contributed by atoms with Crippen LogP contribution in [0.1, 0.15) is 39.0 Å². The molecule has 0 bridgehead atoms. The second kappa shape index (κ2) is 7.96. The van der Waals surface area contributed by atoms with Crippen molar-refractivity contribution in [2.45, 2.75) is 39.0 Å². The highest BCUT2D eigenvalue weighted by Crippen LogP contribution is 2.02. The Bertz CT molecular complexity index is 37.8. The van der Waals surface area contributed by atoms with E-state index in [2.05, 4.69) is 13.3 Å². The van der Waals surface area contributed by atoms with E-state index in [4.69, 9.17) is 5.11 Å². The highest BCUT2D eigenvalue weighted by atomic mass is 16.2. The zero-order valence-electron chi connectivity index (χ0n) is 6.27. The van der Waals surface area contributed by atoms with E-state index in [9.17, 15) is 0 Å². The lowest BCUT2D eigenvalue weighted by Gasteiger charge is -1.95. The predicted octanol–water partition coefficient (Wildman–Crippen LogP) is 2.15. The van der Waals surface area contributed by atoms with E-state index in [1.807, 2.05) is 0 Å². The van der Waals surface area contributed by atoms with Gasteiger partial charge in [-0.2, -0.15) is 0 Å². The van der Waals surface area contributed by atoms with E-state index in [0.717, 1.165) is 6.42 Å². The van der Waals surface area contributed by atoms with Crippen molar-refractivity contribution < 1.29 is 5.11 Å². The van der Waals surface area contributed by atoms with Gasteiger partial charge in [-0.15, -0.1) is 0 Å². The Balaban J connectivity index is 2.60. The van der Waals surface area contributed by atoms with Crippen molar-refractivity contribution >= 4 is 0 Å². The normalized spacial score (nSPS) is 10.0. The van der Waals surface area contributed by atoms with Crippen molar-refractivity contribution in [1.82, 2.24) is 0 Å². The van der Waals surface area contributed by atoms with Gasteiger partial charge in [-0.3, -0.25) is 0 Å². The van der Waals surface area contributed by atoms with Crippen molar-refractivity contribution in [2.24, 2.45) is 0 Å². The monoisotopic (exact) mass is 129 g/mol. The van der Waals surface area contributed by atoms with Gasteiger partial charge in [0.2, 0.25) is 0 Å². The van der Waals surface area contributed by atoms with Gasteiger partial charge in [0.05, 0.1) is 0 Å². The van der Waals surface area contributed by atoms with Crippen LogP contribution < -0.4 is 0 Å². The molecule has 1 N–H and O–H groups in total. The quantitative estimate of drug-likeness (QED) is 0.545. The molecule has 0 aromatic rings. The Kier molecular flexibility index (Phi) is 7.92. The molecule has 0 atom stereocenters. The summed E-state index contributed by atoms with van der Waals surface area (Å²) in [6, 6.07) is 0. The Morgan fingerprint density at radius 1 is 1.22 bits per heavy atom. The molecule has 0 fully saturated rings. The van der Waals surface area contributed by atoms with Crippen LogP contribution in [0.4, 0.5) is 0 Å². The van der Waals surface area contributed by atoms with Crippen molar-refractivity contribution in [1.29, 1.82) is 0 Å². The number of rotatable bonds is 6. The molecule has 0 amide bonds. The lowest BCUT2D eigenvalue weighted by Crippen LogP contribution is -1.83. The van der Waals surface area contributed by atoms with Crippen LogP contribution in [0.5, 0.6) is 0 Å². The average molecular weight is 129 g/mol. The third kappa shape index (κ3) is 7.96. The topological polar surface area (TPSA) is 20.2 Å². The van der Waals surface area contributed by atoms with Crippen LogP contribution >= 0.6 is 0 Å². The summed E-state index contributed by atoms with van der Waals surface area (Å²) in [7, 11) is 0. The van der Waals surface area contributed by atoms with Gasteiger partial charge in [0.1, 0.15) is 0 Å². The molecule has 0 saturated heterocycles. The predicted molar refractivity (Wildman–Crippen MR) is 40.1 cm³/mol. The smallest absolute Gasteiger partial charge is 0.0431 e. The number of aliphatic hydroxyl groups is 1. The van der Waals surface area contributed by atoms with Crippen LogP contribution in [-0.2, 0) is 0 Å². The van der Waals surface area contributed by atoms with Gasteiger partial charge < -0.3 is 5.11 Å². The SMILES string of the molecule is CC[CH]CCCCCO. The summed E-state index contributed by atoms with van der Waals surface area (Å²) < 4.78 is 0. The fourth-order valence-electron chi connectivity index (χ4n) is 0.781. The zero-order valence-corrected chi connectivity index (χ0v) is 6.27. The molecule has 0 spiro atoms. The van der Waals surface area contributed by atoms with Gasteiger partial charge in [0.25, 0.3) is 0 Å². The molecule has 0 aromatic carbocycles. The minimum absolute atomic E-state index is 0.353. The highest BCUT2D eigenvalue weighted by molar-refractivity contribution is 4.60. The van der Waals surface area contributed by atoms with Gasteiger partial charge in [-0.1, -0.05) is 32.6 Å². The van der Waals surface area contributed by atoms with E-state index in [1.165, 1.54) is 25.7 Å². The van der Waals surface area contributed by atoms with Crippen LogP contribution in [0, 0.1) is 6.42 Å². The Morgan fingerprint density at radius 2 is 2.00 bits per heavy atom. The molecule has 9 heavy (non-hydrogen) atoms. The maximum absolute atomic E-state index is 8.41. The number of hydrogen-bond donors (Lipinski definition) is 1. The molecule has 0 aromatic heterocycles. The molecule has 1 heteroatoms. The molecule has 1 radical (unpaired) electrons. The molecular formula is C8H17O. The van der Waals surface area contributed by atoms with Crippen molar-refractivity contribution in [2.75, 3.05) is 6.61 Å². The van der Waals surface area contributed by atoms with E-state index < -0.39 is 0 Å². The van der Waals surface area contributed by atoms with E-state index >= 15 is 0 Å². The van der Waals surface area contributed by atoms with Crippen LogP contribution in [0.3, 0.4) is 0 Å². The van der Waals surface area contributed by atoms with Crippen LogP contribution in [0.15, 0.2) is 0 Å². The maximum Gasteiger partial charge on any atom is 0.0431 e. The van der Waals surface area contributed by atoms with Crippen molar-refractivity contribution in [3.05, 3.63) is 6.42 Å². The minimum atomic E-state index is 0.353. The van der Waals surface area contributed by atoms with Gasteiger partial charge in [-0.25, -0.2) is 0 Å². The largest absolute Gasteiger partial charge is 0.396 e. The van der Waals surface area contributed by atoms with E-state index in [0.29, 0.717) is 6.61 Å². The lowest BCUT2D eigenvalue weighted by molar-refractivity contribution is 0.283. The van der Waals surface area contributed by atoms with E-state index in [-0.39, 0.29) is 0 Å². The van der Waals surface area contributed by atoms with Crippen LogP contribution in [-0.4, -0.2) is 11.7 Å². The van der Waals surface area contributed by atoms with Crippen molar-refractivity contribution in [3.63, 3.8) is 0 Å². The van der Waals surface area contributed by atoms with E-state index in [1.54, 1.807) is 0 Å². The van der Waals surface area contributed by atoms with Crippen LogP contribution in [0.25, 0.3) is 0 Å². The summed E-state index contributed by atoms with van der Waals surface area (Å²) in [5.74, 6) is 0. The maximum atomic E-state index is 8.41. The number of unbranched alkanes of at least 4 members (excludes halogenated alkanes) is 5. The summed E-state index contributed by atoms with van der Waals surface area (Å²) in [4.78, 5) is 0. The lowest BCUT2D eigenvalue weighted by atomic mass is 10.1. The van der Waals surface area contributed by atoms with Gasteiger partial charge >= 0.3 is 0 Å². The molecule has 1 nitrogen and oxygen atoms in total. The first-order valence-electron chi connectivity index (χ1n) is 3.84.